The summed E-state index contributed by atoms with van der Waals surface area (Å²) in [5.74, 6) is 0. The molecule has 0 bridgehead atoms. The quantitative estimate of drug-likeness (QED) is 0.339. The molecule has 0 spiro atoms. The second-order valence-electron chi connectivity index (χ2n) is 5.70. The number of fused-ring (bicyclic) bond motifs is 1. The van der Waals surface area contributed by atoms with Crippen LogP contribution in [0, 0.1) is 0 Å². The summed E-state index contributed by atoms with van der Waals surface area (Å²) in [5, 5.41) is 6.04. The molecule has 0 aliphatic heterocycles. The second kappa shape index (κ2) is 9.52. The molecule has 126 valence electrons. The predicted molar refractivity (Wildman–Crippen MR) is 110 cm³/mol. The molecule has 0 saturated carbocycles. The van der Waals surface area contributed by atoms with Crippen molar-refractivity contribution in [2.45, 2.75) is 25.9 Å². The Kier molecular flexibility index (Phi) is 8.00. The van der Waals surface area contributed by atoms with E-state index in [1.54, 1.807) is 10.4 Å². The summed E-state index contributed by atoms with van der Waals surface area (Å²) in [6, 6.07) is 27.2. The van der Waals surface area contributed by atoms with Crippen LogP contribution < -0.4 is 10.4 Å². The Bertz CT molecular complexity index is 749. The van der Waals surface area contributed by atoms with Gasteiger partial charge in [0.05, 0.1) is 8.07 Å². The monoisotopic (exact) mass is 430 g/mol. The molecule has 0 aliphatic rings. The van der Waals surface area contributed by atoms with Crippen molar-refractivity contribution < 1.29 is 14.7 Å². The van der Waals surface area contributed by atoms with E-state index in [4.69, 9.17) is 27.9 Å². The Labute approximate surface area is 163 Å². The molecule has 0 heterocycles. The van der Waals surface area contributed by atoms with E-state index in [1.807, 2.05) is 0 Å². The zero-order chi connectivity index (χ0) is 17.6. The van der Waals surface area contributed by atoms with Crippen molar-refractivity contribution >= 4 is 57.1 Å². The van der Waals surface area contributed by atoms with Crippen LogP contribution in [0.3, 0.4) is 0 Å². The van der Waals surface area contributed by atoms with Crippen LogP contribution in [-0.2, 0) is 14.7 Å². The molecule has 0 N–H and O–H groups in total. The van der Waals surface area contributed by atoms with Crippen LogP contribution in [0.25, 0.3) is 10.8 Å². The molecule has 0 aliphatic carbocycles. The van der Waals surface area contributed by atoms with Crippen LogP contribution in [0.15, 0.2) is 66.7 Å². The third-order valence-electron chi connectivity index (χ3n) is 4.73. The maximum atomic E-state index is 4.97. The average Bonchev–Trinajstić information content (AvgIpc) is 3.02. The van der Waals surface area contributed by atoms with Gasteiger partial charge in [-0.25, -0.2) is 0 Å². The van der Waals surface area contributed by atoms with Crippen LogP contribution in [-0.4, -0.2) is 8.07 Å². The van der Waals surface area contributed by atoms with E-state index in [1.165, 1.54) is 22.9 Å². The van der Waals surface area contributed by atoms with Gasteiger partial charge in [-0.1, -0.05) is 67.5 Å². The maximum absolute atomic E-state index is 4.97. The first-order chi connectivity index (χ1) is 11.5. The molecule has 0 saturated heterocycles. The topological polar surface area (TPSA) is 0 Å². The number of rotatable bonds is 4. The summed E-state index contributed by atoms with van der Waals surface area (Å²) >= 11 is -1.92. The number of hydrogen-bond acceptors (Lipinski definition) is 0. The van der Waals surface area contributed by atoms with Gasteiger partial charge in [-0.05, 0) is 0 Å². The Morgan fingerprint density at radius 3 is 1.96 bits per heavy atom. The molecule has 0 nitrogen and oxygen atoms in total. The number of hydrogen-bond donors (Lipinski definition) is 0. The van der Waals surface area contributed by atoms with Crippen molar-refractivity contribution in [2.75, 3.05) is 0 Å². The summed E-state index contributed by atoms with van der Waals surface area (Å²) in [6.45, 7) is 4.73. The van der Waals surface area contributed by atoms with Crippen LogP contribution in [0.4, 0.5) is 0 Å². The molecule has 3 rings (SSSR count). The molecule has 0 amide bonds. The summed E-state index contributed by atoms with van der Waals surface area (Å²) in [4.78, 5) is 0. The summed E-state index contributed by atoms with van der Waals surface area (Å²) < 4.78 is 0. The second-order valence-corrected chi connectivity index (χ2v) is 18.1. The van der Waals surface area contributed by atoms with Crippen molar-refractivity contribution in [3.63, 3.8) is 0 Å². The first-order valence-corrected chi connectivity index (χ1v) is 16.9. The molecule has 0 fully saturated rings. The van der Waals surface area contributed by atoms with E-state index in [9.17, 15) is 0 Å². The average molecular weight is 432 g/mol. The van der Waals surface area contributed by atoms with Crippen molar-refractivity contribution in [3.8, 4) is 0 Å². The van der Waals surface area contributed by atoms with Gasteiger partial charge in [0.15, 0.2) is 0 Å². The van der Waals surface area contributed by atoms with E-state index in [0.29, 0.717) is 0 Å². The fourth-order valence-electron chi connectivity index (χ4n) is 3.52. The fraction of sp³-hybridized carbons (Fsp3) is 0.211. The van der Waals surface area contributed by atoms with E-state index in [-0.39, 0.29) is 0 Å². The Morgan fingerprint density at radius 1 is 0.833 bits per heavy atom. The van der Waals surface area contributed by atoms with Gasteiger partial charge < -0.3 is 0 Å². The predicted octanol–water partition coefficient (Wildman–Crippen LogP) is 6.23. The SMILES string of the molecule is CC[Si](CC)(c1ccccc1)[c-]1ccc2ccccc21.[Cl][Ti+]([Cl])[Cl]. The number of benzene rings is 2. The normalized spacial score (nSPS) is 11.0. The van der Waals surface area contributed by atoms with Crippen molar-refractivity contribution in [2.24, 2.45) is 0 Å². The van der Waals surface area contributed by atoms with Gasteiger partial charge >= 0.3 is 42.6 Å². The van der Waals surface area contributed by atoms with Gasteiger partial charge in [-0.3, -0.25) is 0 Å². The summed E-state index contributed by atoms with van der Waals surface area (Å²) in [5.41, 5.74) is 0. The molecular weight excluding hydrogens is 411 g/mol. The first-order valence-electron chi connectivity index (χ1n) is 8.09. The standard InChI is InChI=1S/C19H21Si.3ClH.Ti/c1-3-20(4-2,17-11-6-5-7-12-17)19-15-14-16-10-8-9-13-18(16)19;;;;/h5-15H,3-4H2,1-2H3;3*1H;/q-1;;;;+4/p-3. The van der Waals surface area contributed by atoms with Crippen LogP contribution >= 0.6 is 27.9 Å². The molecule has 5 heteroatoms. The fourth-order valence-corrected chi connectivity index (χ4v) is 7.89. The number of halogens is 3. The van der Waals surface area contributed by atoms with Crippen LogP contribution in [0.2, 0.25) is 12.1 Å². The van der Waals surface area contributed by atoms with E-state index >= 15 is 0 Å². The molecule has 0 atom stereocenters. The van der Waals surface area contributed by atoms with Crippen molar-refractivity contribution in [1.29, 1.82) is 0 Å². The van der Waals surface area contributed by atoms with E-state index in [0.717, 1.165) is 0 Å². The zero-order valence-electron chi connectivity index (χ0n) is 13.9. The third kappa shape index (κ3) is 4.52. The summed E-state index contributed by atoms with van der Waals surface area (Å²) in [6.07, 6.45) is 0. The van der Waals surface area contributed by atoms with E-state index < -0.39 is 22.8 Å². The third-order valence-corrected chi connectivity index (χ3v) is 10.0. The van der Waals surface area contributed by atoms with Gasteiger partial charge in [-0.2, -0.15) is 12.1 Å². The van der Waals surface area contributed by atoms with Gasteiger partial charge in [0.25, 0.3) is 0 Å². The Morgan fingerprint density at radius 2 is 1.38 bits per heavy atom. The van der Waals surface area contributed by atoms with Gasteiger partial charge in [0.2, 0.25) is 0 Å². The first kappa shape index (κ1) is 20.2. The van der Waals surface area contributed by atoms with Gasteiger partial charge in [0.1, 0.15) is 0 Å². The molecule has 0 unspecified atom stereocenters. The van der Waals surface area contributed by atoms with Crippen LogP contribution in [0.1, 0.15) is 13.8 Å². The van der Waals surface area contributed by atoms with Gasteiger partial charge in [-0.15, -0.1) is 34.2 Å². The summed E-state index contributed by atoms with van der Waals surface area (Å²) in [7, 11) is 13.3. The molecule has 3 aromatic rings. The minimum atomic E-state index is -1.92. The zero-order valence-corrected chi connectivity index (χ0v) is 18.7. The van der Waals surface area contributed by atoms with Crippen molar-refractivity contribution in [3.05, 3.63) is 66.7 Å². The van der Waals surface area contributed by atoms with Crippen LogP contribution in [0.5, 0.6) is 0 Å². The van der Waals surface area contributed by atoms with Gasteiger partial charge in [0, 0.05) is 0 Å². The van der Waals surface area contributed by atoms with E-state index in [2.05, 4.69) is 80.6 Å². The molecular formula is C19H21Cl3SiTi. The molecule has 3 aromatic carbocycles. The molecule has 0 aromatic heterocycles. The Hall–Kier alpha value is -0.149. The molecule has 24 heavy (non-hydrogen) atoms. The van der Waals surface area contributed by atoms with Crippen molar-refractivity contribution in [1.82, 2.24) is 0 Å². The molecule has 0 radical (unpaired) electrons. The minimum absolute atomic E-state index is 1.27. The Balaban J connectivity index is 0.000000471.